The van der Waals surface area contributed by atoms with Crippen molar-refractivity contribution >= 4 is 28.6 Å². The number of fused-ring (bicyclic) bond motifs is 1. The third kappa shape index (κ3) is 4.11. The number of benzene rings is 2. The van der Waals surface area contributed by atoms with Crippen LogP contribution in [0.4, 0.5) is 4.39 Å². The highest BCUT2D eigenvalue weighted by Gasteiger charge is 2.16. The summed E-state index contributed by atoms with van der Waals surface area (Å²) in [6.45, 7) is -0.241. The number of oxazole rings is 1. The molecule has 2 heterocycles. The van der Waals surface area contributed by atoms with Crippen LogP contribution >= 0.6 is 11.8 Å². The van der Waals surface area contributed by atoms with Crippen molar-refractivity contribution in [3.8, 4) is 11.5 Å². The van der Waals surface area contributed by atoms with Gasteiger partial charge in [-0.2, -0.15) is 0 Å². The highest BCUT2D eigenvalue weighted by molar-refractivity contribution is 7.98. The van der Waals surface area contributed by atoms with Crippen molar-refractivity contribution < 1.29 is 18.3 Å². The molecule has 7 nitrogen and oxygen atoms in total. The van der Waals surface area contributed by atoms with E-state index < -0.39 is 5.97 Å². The van der Waals surface area contributed by atoms with E-state index in [1.165, 1.54) is 41.8 Å². The first-order valence-corrected chi connectivity index (χ1v) is 9.93. The molecule has 0 bridgehead atoms. The van der Waals surface area contributed by atoms with Crippen molar-refractivity contribution in [2.45, 2.75) is 17.5 Å². The van der Waals surface area contributed by atoms with Gasteiger partial charge in [-0.25, -0.2) is 14.4 Å². The normalized spacial score (nSPS) is 11.0. The van der Waals surface area contributed by atoms with Crippen LogP contribution < -0.4 is 5.56 Å². The van der Waals surface area contributed by atoms with Crippen molar-refractivity contribution in [2.75, 3.05) is 7.11 Å². The molecule has 0 saturated heterocycles. The van der Waals surface area contributed by atoms with E-state index in [2.05, 4.69) is 9.97 Å². The number of nitrogens with zero attached hydrogens (tertiary/aromatic N) is 3. The first-order chi connectivity index (χ1) is 14.5. The third-order valence-electron chi connectivity index (χ3n) is 4.33. The minimum atomic E-state index is -0.545. The Bertz CT molecular complexity index is 1270. The zero-order valence-corrected chi connectivity index (χ0v) is 16.7. The number of para-hydroxylation sites is 1. The predicted octanol–water partition coefficient (Wildman–Crippen LogP) is 3.66. The molecule has 0 N–H and O–H groups in total. The molecule has 0 aliphatic carbocycles. The molecule has 0 saturated carbocycles. The molecule has 0 atom stereocenters. The van der Waals surface area contributed by atoms with E-state index in [4.69, 9.17) is 9.15 Å². The van der Waals surface area contributed by atoms with Gasteiger partial charge in [0.1, 0.15) is 18.6 Å². The SMILES string of the molecule is COC(=O)Cn1c(SCc2coc(-c3ccc(F)cc3)n2)nc2ccccc2c1=O. The number of aromatic nitrogens is 3. The van der Waals surface area contributed by atoms with E-state index >= 15 is 0 Å². The monoisotopic (exact) mass is 425 g/mol. The van der Waals surface area contributed by atoms with Crippen molar-refractivity contribution in [1.82, 2.24) is 14.5 Å². The van der Waals surface area contributed by atoms with Crippen LogP contribution in [0, 0.1) is 5.82 Å². The van der Waals surface area contributed by atoms with Gasteiger partial charge < -0.3 is 9.15 Å². The Morgan fingerprint density at radius 3 is 2.70 bits per heavy atom. The molecule has 4 rings (SSSR count). The summed E-state index contributed by atoms with van der Waals surface area (Å²) < 4.78 is 24.6. The van der Waals surface area contributed by atoms with Gasteiger partial charge in [0.05, 0.1) is 23.7 Å². The second kappa shape index (κ2) is 8.50. The fourth-order valence-electron chi connectivity index (χ4n) is 2.83. The van der Waals surface area contributed by atoms with Crippen molar-refractivity contribution in [1.29, 1.82) is 0 Å². The van der Waals surface area contributed by atoms with Gasteiger partial charge in [0.15, 0.2) is 5.16 Å². The molecule has 30 heavy (non-hydrogen) atoms. The Balaban J connectivity index is 1.62. The van der Waals surface area contributed by atoms with Gasteiger partial charge in [0.2, 0.25) is 5.89 Å². The van der Waals surface area contributed by atoms with Gasteiger partial charge in [0.25, 0.3) is 5.56 Å². The average Bonchev–Trinajstić information content (AvgIpc) is 3.24. The summed E-state index contributed by atoms with van der Waals surface area (Å²) in [5, 5.41) is 0.793. The summed E-state index contributed by atoms with van der Waals surface area (Å²) in [5.74, 6) is -0.163. The van der Waals surface area contributed by atoms with E-state index in [9.17, 15) is 14.0 Å². The Hall–Kier alpha value is -3.46. The third-order valence-corrected chi connectivity index (χ3v) is 5.34. The number of hydrogen-bond donors (Lipinski definition) is 0. The van der Waals surface area contributed by atoms with Gasteiger partial charge >= 0.3 is 5.97 Å². The van der Waals surface area contributed by atoms with Crippen LogP contribution in [0.25, 0.3) is 22.4 Å². The fraction of sp³-hybridized carbons (Fsp3) is 0.143. The lowest BCUT2D eigenvalue weighted by Gasteiger charge is -2.11. The molecule has 4 aromatic rings. The molecular formula is C21H16FN3O4S. The number of thioether (sulfide) groups is 1. The largest absolute Gasteiger partial charge is 0.468 e. The lowest BCUT2D eigenvalue weighted by molar-refractivity contribution is -0.141. The molecule has 0 aliphatic rings. The molecule has 0 radical (unpaired) electrons. The van der Waals surface area contributed by atoms with Crippen LogP contribution in [0.15, 0.2) is 69.2 Å². The molecule has 0 unspecified atom stereocenters. The van der Waals surface area contributed by atoms with Crippen LogP contribution in [0.3, 0.4) is 0 Å². The summed E-state index contributed by atoms with van der Waals surface area (Å²) in [5.41, 5.74) is 1.49. The van der Waals surface area contributed by atoms with E-state index in [-0.39, 0.29) is 17.9 Å². The predicted molar refractivity (Wildman–Crippen MR) is 109 cm³/mol. The molecular weight excluding hydrogens is 409 g/mol. The molecule has 9 heteroatoms. The Labute approximate surface area is 174 Å². The Morgan fingerprint density at radius 1 is 1.17 bits per heavy atom. The smallest absolute Gasteiger partial charge is 0.325 e. The van der Waals surface area contributed by atoms with Crippen LogP contribution in [0.2, 0.25) is 0 Å². The van der Waals surface area contributed by atoms with E-state index in [0.29, 0.717) is 39.0 Å². The topological polar surface area (TPSA) is 87.2 Å². The first kappa shape index (κ1) is 19.8. The lowest BCUT2D eigenvalue weighted by Crippen LogP contribution is -2.27. The number of ether oxygens (including phenoxy) is 1. The lowest BCUT2D eigenvalue weighted by atomic mass is 10.2. The maximum absolute atomic E-state index is 13.1. The zero-order valence-electron chi connectivity index (χ0n) is 15.9. The molecule has 2 aromatic heterocycles. The van der Waals surface area contributed by atoms with Gasteiger partial charge in [-0.15, -0.1) is 0 Å². The average molecular weight is 425 g/mol. The van der Waals surface area contributed by atoms with Crippen molar-refractivity contribution in [3.63, 3.8) is 0 Å². The number of esters is 1. The maximum Gasteiger partial charge on any atom is 0.325 e. The van der Waals surface area contributed by atoms with Crippen molar-refractivity contribution in [2.24, 2.45) is 0 Å². The van der Waals surface area contributed by atoms with Gasteiger partial charge in [-0.05, 0) is 36.4 Å². The van der Waals surface area contributed by atoms with Gasteiger partial charge in [-0.3, -0.25) is 14.2 Å². The fourth-order valence-corrected chi connectivity index (χ4v) is 3.70. The number of methoxy groups -OCH3 is 1. The molecule has 152 valence electrons. The number of rotatable bonds is 6. The Morgan fingerprint density at radius 2 is 1.93 bits per heavy atom. The summed E-state index contributed by atoms with van der Waals surface area (Å²) in [4.78, 5) is 33.6. The van der Waals surface area contributed by atoms with Crippen LogP contribution in [0.1, 0.15) is 5.69 Å². The standard InChI is InChI=1S/C21H16FN3O4S/c1-28-18(26)10-25-20(27)16-4-2-3-5-17(16)24-21(25)30-12-15-11-29-19(23-15)13-6-8-14(22)9-7-13/h2-9,11H,10,12H2,1H3. The summed E-state index contributed by atoms with van der Waals surface area (Å²) in [7, 11) is 1.26. The highest BCUT2D eigenvalue weighted by Crippen LogP contribution is 2.25. The quantitative estimate of drug-likeness (QED) is 0.265. The van der Waals surface area contributed by atoms with Crippen LogP contribution in [0.5, 0.6) is 0 Å². The molecule has 0 amide bonds. The molecule has 0 spiro atoms. The highest BCUT2D eigenvalue weighted by atomic mass is 32.2. The van der Waals surface area contributed by atoms with Crippen molar-refractivity contribution in [3.05, 3.63) is 76.7 Å². The first-order valence-electron chi connectivity index (χ1n) is 8.94. The maximum atomic E-state index is 13.1. The van der Waals surface area contributed by atoms with E-state index in [0.717, 1.165) is 0 Å². The van der Waals surface area contributed by atoms with E-state index in [1.54, 1.807) is 36.4 Å². The number of halogens is 1. The minimum Gasteiger partial charge on any atom is -0.468 e. The Kier molecular flexibility index (Phi) is 5.62. The van der Waals surface area contributed by atoms with Crippen LogP contribution in [-0.2, 0) is 21.8 Å². The second-order valence-corrected chi connectivity index (χ2v) is 7.26. The number of carbonyl (C=O) groups excluding carboxylic acids is 1. The summed E-state index contributed by atoms with van der Waals surface area (Å²) >= 11 is 1.25. The summed E-state index contributed by atoms with van der Waals surface area (Å²) in [6, 6.07) is 12.8. The van der Waals surface area contributed by atoms with Crippen LogP contribution in [-0.4, -0.2) is 27.6 Å². The molecule has 2 aromatic carbocycles. The van der Waals surface area contributed by atoms with Gasteiger partial charge in [-0.1, -0.05) is 23.9 Å². The minimum absolute atomic E-state index is 0.241. The molecule has 0 fully saturated rings. The number of carbonyl (C=O) groups is 1. The van der Waals surface area contributed by atoms with E-state index in [1.807, 2.05) is 0 Å². The second-order valence-electron chi connectivity index (χ2n) is 6.32. The van der Waals surface area contributed by atoms with Gasteiger partial charge in [0, 0.05) is 11.3 Å². The summed E-state index contributed by atoms with van der Waals surface area (Å²) in [6.07, 6.45) is 1.50. The molecule has 0 aliphatic heterocycles. The number of hydrogen-bond acceptors (Lipinski definition) is 7. The zero-order chi connectivity index (χ0) is 21.1.